The minimum Gasteiger partial charge on any atom is -0.422 e. The Bertz CT molecular complexity index is 894. The molecule has 0 unspecified atom stereocenters. The fourth-order valence-corrected chi connectivity index (χ4v) is 2.39. The quantitative estimate of drug-likeness (QED) is 0.754. The summed E-state index contributed by atoms with van der Waals surface area (Å²) >= 11 is 0. The van der Waals surface area contributed by atoms with Gasteiger partial charge in [0.25, 0.3) is 5.91 Å². The summed E-state index contributed by atoms with van der Waals surface area (Å²) in [6.07, 6.45) is 0.713. The van der Waals surface area contributed by atoms with E-state index in [1.165, 1.54) is 5.56 Å². The van der Waals surface area contributed by atoms with Gasteiger partial charge in [-0.3, -0.25) is 4.79 Å². The number of fused-ring (bicyclic) bond motifs is 1. The molecule has 0 atom stereocenters. The van der Waals surface area contributed by atoms with Crippen LogP contribution < -0.4 is 10.9 Å². The van der Waals surface area contributed by atoms with Crippen LogP contribution in [0.2, 0.25) is 0 Å². The monoisotopic (exact) mass is 307 g/mol. The zero-order chi connectivity index (χ0) is 16.2. The third kappa shape index (κ3) is 3.48. The van der Waals surface area contributed by atoms with Crippen LogP contribution in [0.4, 0.5) is 0 Å². The highest BCUT2D eigenvalue weighted by molar-refractivity contribution is 5.96. The highest BCUT2D eigenvalue weighted by Gasteiger charge is 2.12. The lowest BCUT2D eigenvalue weighted by atomic mass is 10.1. The number of carbonyl (C=O) groups is 1. The van der Waals surface area contributed by atoms with E-state index in [0.717, 1.165) is 10.9 Å². The van der Waals surface area contributed by atoms with Crippen LogP contribution >= 0.6 is 0 Å². The van der Waals surface area contributed by atoms with E-state index in [2.05, 4.69) is 5.32 Å². The summed E-state index contributed by atoms with van der Waals surface area (Å²) in [5, 5.41) is 3.50. The first-order valence-corrected chi connectivity index (χ1v) is 7.50. The van der Waals surface area contributed by atoms with Crippen LogP contribution in [0.15, 0.2) is 63.8 Å². The topological polar surface area (TPSA) is 59.3 Å². The molecular formula is C19H17NO3. The smallest absolute Gasteiger partial charge is 0.349 e. The predicted octanol–water partition coefficient (Wildman–Crippen LogP) is 3.07. The third-order valence-electron chi connectivity index (χ3n) is 3.71. The Hall–Kier alpha value is -2.88. The second kappa shape index (κ2) is 6.48. The molecule has 0 aliphatic rings. The Morgan fingerprint density at radius 2 is 1.83 bits per heavy atom. The lowest BCUT2D eigenvalue weighted by molar-refractivity contribution is 0.0950. The van der Waals surface area contributed by atoms with E-state index in [1.807, 2.05) is 37.3 Å². The van der Waals surface area contributed by atoms with Gasteiger partial charge in [0.15, 0.2) is 0 Å². The number of nitrogens with one attached hydrogen (secondary N) is 1. The Labute approximate surface area is 133 Å². The highest BCUT2D eigenvalue weighted by atomic mass is 16.4. The molecule has 1 heterocycles. The van der Waals surface area contributed by atoms with Crippen molar-refractivity contribution >= 4 is 16.9 Å². The van der Waals surface area contributed by atoms with Crippen molar-refractivity contribution in [1.82, 2.24) is 5.32 Å². The molecule has 3 rings (SSSR count). The maximum atomic E-state index is 12.2. The molecule has 0 saturated heterocycles. The third-order valence-corrected chi connectivity index (χ3v) is 3.71. The SMILES string of the molecule is Cc1ccc(CCNC(=O)c2cc3ccccc3oc2=O)cc1. The molecule has 23 heavy (non-hydrogen) atoms. The Morgan fingerprint density at radius 3 is 2.61 bits per heavy atom. The van der Waals surface area contributed by atoms with Gasteiger partial charge in [-0.25, -0.2) is 4.79 Å². The van der Waals surface area contributed by atoms with Crippen LogP contribution in [0.25, 0.3) is 11.0 Å². The molecule has 2 aromatic carbocycles. The van der Waals surface area contributed by atoms with Gasteiger partial charge < -0.3 is 9.73 Å². The van der Waals surface area contributed by atoms with E-state index >= 15 is 0 Å². The number of hydrogen-bond donors (Lipinski definition) is 1. The molecule has 0 radical (unpaired) electrons. The number of para-hydroxylation sites is 1. The fourth-order valence-electron chi connectivity index (χ4n) is 2.39. The molecule has 1 aromatic heterocycles. The van der Waals surface area contributed by atoms with Gasteiger partial charge >= 0.3 is 5.63 Å². The Kier molecular flexibility index (Phi) is 4.24. The van der Waals surface area contributed by atoms with Crippen molar-refractivity contribution in [1.29, 1.82) is 0 Å². The molecule has 4 heteroatoms. The largest absolute Gasteiger partial charge is 0.422 e. The van der Waals surface area contributed by atoms with E-state index in [-0.39, 0.29) is 5.56 Å². The van der Waals surface area contributed by atoms with Gasteiger partial charge in [-0.1, -0.05) is 48.0 Å². The van der Waals surface area contributed by atoms with E-state index in [0.29, 0.717) is 18.5 Å². The number of benzene rings is 2. The molecule has 0 aliphatic heterocycles. The number of aryl methyl sites for hydroxylation is 1. The van der Waals surface area contributed by atoms with Crippen LogP contribution in [0.5, 0.6) is 0 Å². The van der Waals surface area contributed by atoms with Gasteiger partial charge in [0, 0.05) is 11.9 Å². The fraction of sp³-hybridized carbons (Fsp3) is 0.158. The minimum absolute atomic E-state index is 0.0348. The molecule has 1 amide bonds. The van der Waals surface area contributed by atoms with E-state index in [9.17, 15) is 9.59 Å². The molecule has 0 aliphatic carbocycles. The van der Waals surface area contributed by atoms with E-state index < -0.39 is 11.5 Å². The summed E-state index contributed by atoms with van der Waals surface area (Å²) in [7, 11) is 0. The van der Waals surface area contributed by atoms with Crippen molar-refractivity contribution in [2.75, 3.05) is 6.54 Å². The van der Waals surface area contributed by atoms with Crippen LogP contribution in [0.1, 0.15) is 21.5 Å². The molecule has 116 valence electrons. The first-order valence-electron chi connectivity index (χ1n) is 7.50. The molecule has 0 saturated carbocycles. The van der Waals surface area contributed by atoms with Gasteiger partial charge in [0.05, 0.1) is 0 Å². The van der Waals surface area contributed by atoms with Gasteiger partial charge in [-0.2, -0.15) is 0 Å². The van der Waals surface area contributed by atoms with Gasteiger partial charge in [0.1, 0.15) is 11.1 Å². The van der Waals surface area contributed by atoms with Crippen molar-refractivity contribution in [2.24, 2.45) is 0 Å². The standard InChI is InChI=1S/C19H17NO3/c1-13-6-8-14(9-7-13)10-11-20-18(21)16-12-15-4-2-3-5-17(15)23-19(16)22/h2-9,12H,10-11H2,1H3,(H,20,21). The van der Waals surface area contributed by atoms with Crippen molar-refractivity contribution in [3.05, 3.63) is 81.7 Å². The van der Waals surface area contributed by atoms with Gasteiger partial charge in [-0.05, 0) is 31.0 Å². The van der Waals surface area contributed by atoms with Crippen LogP contribution in [-0.2, 0) is 6.42 Å². The average molecular weight is 307 g/mol. The molecule has 0 bridgehead atoms. The van der Waals surface area contributed by atoms with Gasteiger partial charge in [-0.15, -0.1) is 0 Å². The number of hydrogen-bond acceptors (Lipinski definition) is 3. The molecule has 4 nitrogen and oxygen atoms in total. The van der Waals surface area contributed by atoms with Crippen LogP contribution in [-0.4, -0.2) is 12.5 Å². The summed E-state index contributed by atoms with van der Waals surface area (Å²) in [6, 6.07) is 16.8. The Morgan fingerprint density at radius 1 is 1.09 bits per heavy atom. The summed E-state index contributed by atoms with van der Waals surface area (Å²) in [6.45, 7) is 2.50. The van der Waals surface area contributed by atoms with E-state index in [1.54, 1.807) is 24.3 Å². The van der Waals surface area contributed by atoms with E-state index in [4.69, 9.17) is 4.42 Å². The average Bonchev–Trinajstić information content (AvgIpc) is 2.56. The summed E-state index contributed by atoms with van der Waals surface area (Å²) < 4.78 is 5.18. The lowest BCUT2D eigenvalue weighted by Crippen LogP contribution is -2.29. The Balaban J connectivity index is 1.69. The first-order chi connectivity index (χ1) is 11.1. The predicted molar refractivity (Wildman–Crippen MR) is 89.7 cm³/mol. The highest BCUT2D eigenvalue weighted by Crippen LogP contribution is 2.12. The first kappa shape index (κ1) is 15.0. The number of amides is 1. The second-order valence-corrected chi connectivity index (χ2v) is 5.48. The van der Waals surface area contributed by atoms with Crippen molar-refractivity contribution < 1.29 is 9.21 Å². The second-order valence-electron chi connectivity index (χ2n) is 5.48. The molecule has 3 aromatic rings. The zero-order valence-electron chi connectivity index (χ0n) is 12.8. The van der Waals surface area contributed by atoms with Crippen LogP contribution in [0, 0.1) is 6.92 Å². The normalized spacial score (nSPS) is 10.7. The zero-order valence-corrected chi connectivity index (χ0v) is 12.8. The van der Waals surface area contributed by atoms with Crippen LogP contribution in [0.3, 0.4) is 0 Å². The summed E-state index contributed by atoms with van der Waals surface area (Å²) in [5.74, 6) is -0.406. The minimum atomic E-state index is -0.614. The maximum absolute atomic E-state index is 12.2. The van der Waals surface area contributed by atoms with Crippen molar-refractivity contribution in [3.8, 4) is 0 Å². The number of rotatable bonds is 4. The van der Waals surface area contributed by atoms with Crippen molar-refractivity contribution in [2.45, 2.75) is 13.3 Å². The maximum Gasteiger partial charge on any atom is 0.349 e. The summed E-state index contributed by atoms with van der Waals surface area (Å²) in [5.41, 5.74) is 2.24. The molecule has 0 spiro atoms. The summed E-state index contributed by atoms with van der Waals surface area (Å²) in [4.78, 5) is 24.1. The molecule has 0 fully saturated rings. The molecular weight excluding hydrogens is 290 g/mol. The van der Waals surface area contributed by atoms with Crippen molar-refractivity contribution in [3.63, 3.8) is 0 Å². The molecule has 1 N–H and O–H groups in total. The number of carbonyl (C=O) groups excluding carboxylic acids is 1. The van der Waals surface area contributed by atoms with Gasteiger partial charge in [0.2, 0.25) is 0 Å². The lowest BCUT2D eigenvalue weighted by Gasteiger charge is -2.06.